The third-order valence-electron chi connectivity index (χ3n) is 5.10. The molecular formula is C22H25NO5. The van der Waals surface area contributed by atoms with Crippen LogP contribution in [0.1, 0.15) is 44.6 Å². The zero-order valence-electron chi connectivity index (χ0n) is 16.2. The first kappa shape index (κ1) is 19.9. The van der Waals surface area contributed by atoms with E-state index in [9.17, 15) is 14.7 Å². The summed E-state index contributed by atoms with van der Waals surface area (Å²) in [4.78, 5) is 30.2. The van der Waals surface area contributed by atoms with Gasteiger partial charge in [0.05, 0.1) is 18.1 Å². The molecule has 1 fully saturated rings. The fourth-order valence-corrected chi connectivity index (χ4v) is 3.95. The zero-order valence-corrected chi connectivity index (χ0v) is 16.2. The molecule has 0 bridgehead atoms. The quantitative estimate of drug-likeness (QED) is 0.598. The van der Waals surface area contributed by atoms with Gasteiger partial charge in [-0.25, -0.2) is 4.79 Å². The van der Waals surface area contributed by atoms with Gasteiger partial charge in [-0.05, 0) is 44.4 Å². The fraction of sp³-hybridized carbons (Fsp3) is 0.409. The number of carbonyl (C=O) groups is 2. The summed E-state index contributed by atoms with van der Waals surface area (Å²) in [6, 6.07) is 4.95. The molecule has 0 saturated heterocycles. The van der Waals surface area contributed by atoms with Gasteiger partial charge in [0.25, 0.3) is 0 Å². The standard InChI is InChI=1S/C22H25NO5/c1-4-11-28-22(26)19-13(3)23-15-7-6-8-17(25)21(15)20(19)14-9-10-16(24)18(12-14)27-5-2/h4,9-10,12,20-21,24H,1,5-8,11H2,2-3H3/t20-,21?/m0/s1. The number of hydrogen-bond donors (Lipinski definition) is 1. The molecule has 0 spiro atoms. The first-order chi connectivity index (χ1) is 13.5. The molecule has 1 heterocycles. The van der Waals surface area contributed by atoms with Crippen LogP contribution in [-0.4, -0.2) is 35.8 Å². The fourth-order valence-electron chi connectivity index (χ4n) is 3.95. The lowest BCUT2D eigenvalue weighted by atomic mass is 9.69. The van der Waals surface area contributed by atoms with Crippen LogP contribution in [0.5, 0.6) is 11.5 Å². The maximum atomic E-state index is 12.8. The molecule has 6 heteroatoms. The van der Waals surface area contributed by atoms with Gasteiger partial charge in [-0.2, -0.15) is 0 Å². The molecule has 1 aromatic rings. The number of allylic oxidation sites excluding steroid dienone is 1. The number of fused-ring (bicyclic) bond motifs is 1. The first-order valence-electron chi connectivity index (χ1n) is 9.52. The summed E-state index contributed by atoms with van der Waals surface area (Å²) < 4.78 is 10.8. The number of esters is 1. The molecule has 0 radical (unpaired) electrons. The van der Waals surface area contributed by atoms with E-state index in [4.69, 9.17) is 9.47 Å². The monoisotopic (exact) mass is 383 g/mol. The van der Waals surface area contributed by atoms with Gasteiger partial charge in [0.1, 0.15) is 12.4 Å². The largest absolute Gasteiger partial charge is 0.504 e. The molecule has 0 aromatic heterocycles. The number of nitrogens with zero attached hydrogens (tertiary/aromatic N) is 1. The van der Waals surface area contributed by atoms with Crippen molar-refractivity contribution < 1.29 is 24.2 Å². The van der Waals surface area contributed by atoms with Crippen LogP contribution in [0.25, 0.3) is 0 Å². The van der Waals surface area contributed by atoms with Crippen LogP contribution in [0.4, 0.5) is 0 Å². The number of carbonyl (C=O) groups excluding carboxylic acids is 2. The minimum absolute atomic E-state index is 0.0155. The highest BCUT2D eigenvalue weighted by Gasteiger charge is 2.43. The minimum atomic E-state index is -0.516. The van der Waals surface area contributed by atoms with E-state index in [0.29, 0.717) is 30.0 Å². The number of ketones is 1. The van der Waals surface area contributed by atoms with E-state index in [1.54, 1.807) is 19.1 Å². The van der Waals surface area contributed by atoms with E-state index in [0.717, 1.165) is 24.1 Å². The Balaban J connectivity index is 2.13. The highest BCUT2D eigenvalue weighted by atomic mass is 16.5. The van der Waals surface area contributed by atoms with Crippen molar-refractivity contribution in [2.75, 3.05) is 13.2 Å². The van der Waals surface area contributed by atoms with Crippen LogP contribution in [0.15, 0.2) is 47.1 Å². The van der Waals surface area contributed by atoms with Crippen LogP contribution < -0.4 is 4.74 Å². The molecule has 148 valence electrons. The lowest BCUT2D eigenvalue weighted by Crippen LogP contribution is -2.39. The van der Waals surface area contributed by atoms with Crippen LogP contribution >= 0.6 is 0 Å². The summed E-state index contributed by atoms with van der Waals surface area (Å²) in [6.07, 6.45) is 3.46. The molecule has 1 aliphatic carbocycles. The Kier molecular flexibility index (Phi) is 5.97. The molecule has 1 N–H and O–H groups in total. The Morgan fingerprint density at radius 3 is 2.86 bits per heavy atom. The minimum Gasteiger partial charge on any atom is -0.504 e. The molecule has 0 amide bonds. The van der Waals surface area contributed by atoms with Gasteiger partial charge in [-0.3, -0.25) is 9.79 Å². The Morgan fingerprint density at radius 2 is 2.14 bits per heavy atom. The summed E-state index contributed by atoms with van der Waals surface area (Å²) in [6.45, 7) is 7.63. The van der Waals surface area contributed by atoms with E-state index in [-0.39, 0.29) is 18.1 Å². The highest BCUT2D eigenvalue weighted by molar-refractivity contribution is 6.11. The number of hydrogen-bond acceptors (Lipinski definition) is 6. The lowest BCUT2D eigenvalue weighted by molar-refractivity contribution is -0.138. The number of aromatic hydroxyl groups is 1. The number of phenols is 1. The maximum absolute atomic E-state index is 12.8. The SMILES string of the molecule is C=CCOC(=O)C1=C(C)N=C2CCCC(=O)C2[C@H]1c1ccc(O)c(OCC)c1. The number of Topliss-reactive ketones (excluding diaryl/α,β-unsaturated/α-hetero) is 1. The summed E-state index contributed by atoms with van der Waals surface area (Å²) in [5.74, 6) is -1.11. The molecule has 2 aliphatic rings. The van der Waals surface area contributed by atoms with Crippen molar-refractivity contribution in [2.24, 2.45) is 10.9 Å². The van der Waals surface area contributed by atoms with Gasteiger partial charge < -0.3 is 14.6 Å². The van der Waals surface area contributed by atoms with Crippen LogP contribution in [0.3, 0.4) is 0 Å². The second-order valence-corrected chi connectivity index (χ2v) is 6.92. The summed E-state index contributed by atoms with van der Waals surface area (Å²) >= 11 is 0. The van der Waals surface area contributed by atoms with Crippen molar-refractivity contribution >= 4 is 17.5 Å². The summed E-state index contributed by atoms with van der Waals surface area (Å²) in [5.41, 5.74) is 2.47. The Morgan fingerprint density at radius 1 is 1.36 bits per heavy atom. The zero-order chi connectivity index (χ0) is 20.3. The highest BCUT2D eigenvalue weighted by Crippen LogP contribution is 2.44. The first-order valence-corrected chi connectivity index (χ1v) is 9.52. The topological polar surface area (TPSA) is 85.2 Å². The number of phenolic OH excluding ortho intramolecular Hbond substituents is 1. The Labute approximate surface area is 164 Å². The van der Waals surface area contributed by atoms with Crippen LogP contribution in [0, 0.1) is 5.92 Å². The maximum Gasteiger partial charge on any atom is 0.336 e. The van der Waals surface area contributed by atoms with Crippen LogP contribution in [0.2, 0.25) is 0 Å². The van der Waals surface area contributed by atoms with E-state index in [1.807, 2.05) is 6.92 Å². The third kappa shape index (κ3) is 3.72. The predicted molar refractivity (Wildman–Crippen MR) is 106 cm³/mol. The van der Waals surface area contributed by atoms with Crippen molar-refractivity contribution in [2.45, 2.75) is 39.0 Å². The van der Waals surface area contributed by atoms with Crippen molar-refractivity contribution in [1.82, 2.24) is 0 Å². The Bertz CT molecular complexity index is 868. The normalized spacial score (nSPS) is 21.6. The number of rotatable bonds is 6. The number of benzene rings is 1. The van der Waals surface area contributed by atoms with E-state index >= 15 is 0 Å². The van der Waals surface area contributed by atoms with Crippen molar-refractivity contribution in [3.63, 3.8) is 0 Å². The van der Waals surface area contributed by atoms with Crippen molar-refractivity contribution in [3.05, 3.63) is 47.7 Å². The van der Waals surface area contributed by atoms with Crippen molar-refractivity contribution in [1.29, 1.82) is 0 Å². The molecule has 2 atom stereocenters. The molecular weight excluding hydrogens is 358 g/mol. The Hall–Kier alpha value is -2.89. The lowest BCUT2D eigenvalue weighted by Gasteiger charge is -2.35. The molecule has 1 saturated carbocycles. The number of ether oxygens (including phenoxy) is 2. The molecule has 3 rings (SSSR count). The second kappa shape index (κ2) is 8.42. The van der Waals surface area contributed by atoms with Gasteiger partial charge in [-0.15, -0.1) is 0 Å². The molecule has 6 nitrogen and oxygen atoms in total. The van der Waals surface area contributed by atoms with Crippen molar-refractivity contribution in [3.8, 4) is 11.5 Å². The van der Waals surface area contributed by atoms with E-state index in [2.05, 4.69) is 11.6 Å². The average molecular weight is 383 g/mol. The molecule has 1 unspecified atom stereocenters. The molecule has 1 aliphatic heterocycles. The van der Waals surface area contributed by atoms with E-state index in [1.165, 1.54) is 12.1 Å². The second-order valence-electron chi connectivity index (χ2n) is 6.92. The molecule has 1 aromatic carbocycles. The number of aliphatic imine (C=N–C) groups is 1. The smallest absolute Gasteiger partial charge is 0.336 e. The van der Waals surface area contributed by atoms with Gasteiger partial charge in [-0.1, -0.05) is 18.7 Å². The summed E-state index contributed by atoms with van der Waals surface area (Å²) in [5, 5.41) is 10.1. The predicted octanol–water partition coefficient (Wildman–Crippen LogP) is 3.70. The van der Waals surface area contributed by atoms with Crippen LogP contribution in [-0.2, 0) is 14.3 Å². The van der Waals surface area contributed by atoms with Gasteiger partial charge in [0.2, 0.25) is 0 Å². The molecule has 28 heavy (non-hydrogen) atoms. The van der Waals surface area contributed by atoms with Gasteiger partial charge >= 0.3 is 5.97 Å². The third-order valence-corrected chi connectivity index (χ3v) is 5.10. The average Bonchev–Trinajstić information content (AvgIpc) is 2.67. The van der Waals surface area contributed by atoms with E-state index < -0.39 is 17.8 Å². The van der Waals surface area contributed by atoms with Gasteiger partial charge in [0, 0.05) is 23.7 Å². The summed E-state index contributed by atoms with van der Waals surface area (Å²) in [7, 11) is 0. The van der Waals surface area contributed by atoms with Gasteiger partial charge in [0.15, 0.2) is 11.5 Å².